The molecule has 2 aromatic carbocycles. The predicted octanol–water partition coefficient (Wildman–Crippen LogP) is 3.97. The number of rotatable bonds is 2. The summed E-state index contributed by atoms with van der Waals surface area (Å²) in [6, 6.07) is 11.7. The minimum atomic E-state index is -0.464. The minimum absolute atomic E-state index is 0.0113. The van der Waals surface area contributed by atoms with Gasteiger partial charge in [0.1, 0.15) is 22.6 Å². The van der Waals surface area contributed by atoms with Gasteiger partial charge in [0.25, 0.3) is 0 Å². The first kappa shape index (κ1) is 14.4. The highest BCUT2D eigenvalue weighted by molar-refractivity contribution is 6.30. The molecule has 110 valence electrons. The lowest BCUT2D eigenvalue weighted by atomic mass is 10.1. The predicted molar refractivity (Wildman–Crippen MR) is 83.6 cm³/mol. The van der Waals surface area contributed by atoms with Crippen LogP contribution in [0.5, 0.6) is 5.75 Å². The normalized spacial score (nSPS) is 10.6. The Morgan fingerprint density at radius 3 is 2.73 bits per heavy atom. The lowest BCUT2D eigenvalue weighted by Gasteiger charge is -2.07. The molecule has 22 heavy (non-hydrogen) atoms. The highest BCUT2D eigenvalue weighted by Gasteiger charge is 2.12. The van der Waals surface area contributed by atoms with E-state index in [4.69, 9.17) is 20.8 Å². The number of hydrogen-bond donors (Lipinski definition) is 0. The number of aryl methyl sites for hydroxylation is 1. The van der Waals surface area contributed by atoms with Gasteiger partial charge in [0.05, 0.1) is 10.9 Å². The molecular weight excluding hydrogens is 304 g/mol. The molecule has 0 saturated carbocycles. The van der Waals surface area contributed by atoms with Gasteiger partial charge in [-0.15, -0.1) is 0 Å². The smallest absolute Gasteiger partial charge is 0.343 e. The molecule has 0 amide bonds. The number of carbonyl (C=O) groups is 1. The Balaban J connectivity index is 1.95. The van der Waals surface area contributed by atoms with Gasteiger partial charge in [-0.3, -0.25) is 4.79 Å². The molecule has 0 radical (unpaired) electrons. The molecule has 4 nitrogen and oxygen atoms in total. The molecule has 0 aliphatic carbocycles. The zero-order chi connectivity index (χ0) is 15.7. The quantitative estimate of drug-likeness (QED) is 0.530. The van der Waals surface area contributed by atoms with Crippen molar-refractivity contribution in [1.82, 2.24) is 0 Å². The van der Waals surface area contributed by atoms with E-state index in [0.29, 0.717) is 22.3 Å². The molecular formula is C17H11ClO4. The van der Waals surface area contributed by atoms with Gasteiger partial charge in [-0.25, -0.2) is 4.79 Å². The molecule has 3 aromatic rings. The van der Waals surface area contributed by atoms with Crippen LogP contribution >= 0.6 is 11.6 Å². The fourth-order valence-corrected chi connectivity index (χ4v) is 2.26. The van der Waals surface area contributed by atoms with Gasteiger partial charge < -0.3 is 9.15 Å². The highest BCUT2D eigenvalue weighted by atomic mass is 35.5. The van der Waals surface area contributed by atoms with Gasteiger partial charge in [-0.2, -0.15) is 0 Å². The third-order valence-corrected chi connectivity index (χ3v) is 3.54. The second-order valence-corrected chi connectivity index (χ2v) is 5.18. The average molecular weight is 315 g/mol. The standard InChI is InChI=1S/C17H11ClO4/c1-10-4-2-3-5-12(10)17(20)22-11-6-7-13-15(8-11)21-9-14(18)16(13)19/h2-9H,1H3. The van der Waals surface area contributed by atoms with Crippen molar-refractivity contribution in [3.05, 3.63) is 75.1 Å². The van der Waals surface area contributed by atoms with Crippen molar-refractivity contribution in [2.45, 2.75) is 6.92 Å². The van der Waals surface area contributed by atoms with E-state index in [1.165, 1.54) is 24.5 Å². The number of halogens is 1. The SMILES string of the molecule is Cc1ccccc1C(=O)Oc1ccc2c(=O)c(Cl)coc2c1. The van der Waals surface area contributed by atoms with Gasteiger partial charge in [0, 0.05) is 6.07 Å². The van der Waals surface area contributed by atoms with Crippen LogP contribution in [0.15, 0.2) is 57.9 Å². The van der Waals surface area contributed by atoms with Gasteiger partial charge in [-0.1, -0.05) is 29.8 Å². The van der Waals surface area contributed by atoms with Crippen molar-refractivity contribution in [3.8, 4) is 5.75 Å². The molecule has 0 atom stereocenters. The third kappa shape index (κ3) is 2.61. The lowest BCUT2D eigenvalue weighted by molar-refractivity contribution is 0.0734. The van der Waals surface area contributed by atoms with Crippen LogP contribution in [-0.4, -0.2) is 5.97 Å². The summed E-state index contributed by atoms with van der Waals surface area (Å²) < 4.78 is 10.6. The largest absolute Gasteiger partial charge is 0.462 e. The number of esters is 1. The van der Waals surface area contributed by atoms with Crippen molar-refractivity contribution < 1.29 is 13.9 Å². The van der Waals surface area contributed by atoms with Crippen LogP contribution < -0.4 is 10.2 Å². The van der Waals surface area contributed by atoms with E-state index in [9.17, 15) is 9.59 Å². The van der Waals surface area contributed by atoms with Crippen LogP contribution in [0.25, 0.3) is 11.0 Å². The summed E-state index contributed by atoms with van der Waals surface area (Å²) in [5.41, 5.74) is 1.30. The molecule has 1 aromatic heterocycles. The summed E-state index contributed by atoms with van der Waals surface area (Å²) in [5, 5.41) is 0.348. The first-order chi connectivity index (χ1) is 10.6. The monoisotopic (exact) mass is 314 g/mol. The Morgan fingerprint density at radius 2 is 1.95 bits per heavy atom. The molecule has 1 heterocycles. The summed E-state index contributed by atoms with van der Waals surface area (Å²) in [7, 11) is 0. The van der Waals surface area contributed by atoms with E-state index in [0.717, 1.165) is 5.56 Å². The highest BCUT2D eigenvalue weighted by Crippen LogP contribution is 2.21. The van der Waals surface area contributed by atoms with Crippen LogP contribution in [0.4, 0.5) is 0 Å². The fraction of sp³-hybridized carbons (Fsp3) is 0.0588. The number of ether oxygens (including phenoxy) is 1. The molecule has 3 rings (SSSR count). The van der Waals surface area contributed by atoms with Crippen molar-refractivity contribution in [2.24, 2.45) is 0 Å². The molecule has 0 aliphatic heterocycles. The number of benzene rings is 2. The first-order valence-corrected chi connectivity index (χ1v) is 6.93. The molecule has 0 fully saturated rings. The van der Waals surface area contributed by atoms with Crippen molar-refractivity contribution in [3.63, 3.8) is 0 Å². The summed E-state index contributed by atoms with van der Waals surface area (Å²) in [6.45, 7) is 1.83. The lowest BCUT2D eigenvalue weighted by Crippen LogP contribution is -2.10. The van der Waals surface area contributed by atoms with Crippen molar-refractivity contribution >= 4 is 28.5 Å². The third-order valence-electron chi connectivity index (χ3n) is 3.28. The van der Waals surface area contributed by atoms with E-state index in [-0.39, 0.29) is 10.5 Å². The zero-order valence-corrected chi connectivity index (χ0v) is 12.4. The minimum Gasteiger partial charge on any atom is -0.462 e. The van der Waals surface area contributed by atoms with Gasteiger partial charge in [-0.05, 0) is 30.7 Å². The number of fused-ring (bicyclic) bond motifs is 1. The van der Waals surface area contributed by atoms with E-state index < -0.39 is 5.97 Å². The Hall–Kier alpha value is -2.59. The second-order valence-electron chi connectivity index (χ2n) is 4.78. The topological polar surface area (TPSA) is 56.5 Å². The summed E-state index contributed by atoms with van der Waals surface area (Å²) in [6.07, 6.45) is 1.17. The van der Waals surface area contributed by atoms with Crippen LogP contribution in [0.1, 0.15) is 15.9 Å². The maximum atomic E-state index is 12.2. The Kier molecular flexibility index (Phi) is 3.69. The van der Waals surface area contributed by atoms with E-state index in [2.05, 4.69) is 0 Å². The summed E-state index contributed by atoms with van der Waals surface area (Å²) >= 11 is 5.72. The molecule has 0 spiro atoms. The molecule has 0 saturated heterocycles. The van der Waals surface area contributed by atoms with Gasteiger partial charge in [0.2, 0.25) is 5.43 Å². The van der Waals surface area contributed by atoms with Crippen LogP contribution in [0, 0.1) is 6.92 Å². The molecule has 0 bridgehead atoms. The Bertz CT molecular complexity index is 927. The van der Waals surface area contributed by atoms with E-state index >= 15 is 0 Å². The molecule has 5 heteroatoms. The number of hydrogen-bond acceptors (Lipinski definition) is 4. The first-order valence-electron chi connectivity index (χ1n) is 6.55. The maximum Gasteiger partial charge on any atom is 0.343 e. The summed E-state index contributed by atoms with van der Waals surface area (Å²) in [4.78, 5) is 24.0. The summed E-state index contributed by atoms with van der Waals surface area (Å²) in [5.74, 6) is -0.167. The average Bonchev–Trinajstić information content (AvgIpc) is 2.51. The van der Waals surface area contributed by atoms with Crippen LogP contribution in [0.2, 0.25) is 5.02 Å². The van der Waals surface area contributed by atoms with Crippen molar-refractivity contribution in [2.75, 3.05) is 0 Å². The zero-order valence-electron chi connectivity index (χ0n) is 11.6. The molecule has 0 N–H and O–H groups in total. The Morgan fingerprint density at radius 1 is 1.18 bits per heavy atom. The number of carbonyl (C=O) groups excluding carboxylic acids is 1. The Labute approximate surface area is 130 Å². The second kappa shape index (κ2) is 5.66. The van der Waals surface area contributed by atoms with Crippen molar-refractivity contribution in [1.29, 1.82) is 0 Å². The fourth-order valence-electron chi connectivity index (χ4n) is 2.11. The van der Waals surface area contributed by atoms with Gasteiger partial charge in [0.15, 0.2) is 0 Å². The molecule has 0 unspecified atom stereocenters. The van der Waals surface area contributed by atoms with Crippen LogP contribution in [0.3, 0.4) is 0 Å². The van der Waals surface area contributed by atoms with Gasteiger partial charge >= 0.3 is 5.97 Å². The maximum absolute atomic E-state index is 12.2. The molecule has 0 aliphatic rings. The van der Waals surface area contributed by atoms with E-state index in [1.807, 2.05) is 19.1 Å². The van der Waals surface area contributed by atoms with E-state index in [1.54, 1.807) is 12.1 Å². The van der Waals surface area contributed by atoms with Crippen LogP contribution in [-0.2, 0) is 0 Å².